The van der Waals surface area contributed by atoms with Crippen molar-refractivity contribution in [1.82, 2.24) is 20.4 Å². The third kappa shape index (κ3) is 8.38. The van der Waals surface area contributed by atoms with Crippen molar-refractivity contribution in [3.05, 3.63) is 0 Å². The van der Waals surface area contributed by atoms with Gasteiger partial charge in [-0.2, -0.15) is 0 Å². The number of carbonyl (C=O) groups is 2. The van der Waals surface area contributed by atoms with E-state index in [0.29, 0.717) is 0 Å². The van der Waals surface area contributed by atoms with E-state index in [2.05, 4.69) is 48.3 Å². The van der Waals surface area contributed by atoms with Crippen molar-refractivity contribution in [3.8, 4) is 0 Å². The molecule has 4 atom stereocenters. The second-order valence-corrected chi connectivity index (χ2v) is 11.4. The minimum atomic E-state index is -0.124. The van der Waals surface area contributed by atoms with Crippen molar-refractivity contribution in [2.45, 2.75) is 110 Å². The summed E-state index contributed by atoms with van der Waals surface area (Å²) in [6.45, 7) is 12.3. The Bertz CT molecular complexity index is 587. The van der Waals surface area contributed by atoms with Crippen LogP contribution in [0.1, 0.15) is 86.0 Å². The lowest BCUT2D eigenvalue weighted by atomic mass is 9.73. The first kappa shape index (κ1) is 26.1. The fraction of sp³-hybridized carbons (Fsp3) is 0.920. The Morgan fingerprint density at radius 3 is 2.03 bits per heavy atom. The van der Waals surface area contributed by atoms with Crippen LogP contribution < -0.4 is 10.6 Å². The summed E-state index contributed by atoms with van der Waals surface area (Å²) < 4.78 is 0. The number of likely N-dealkylation sites (tertiary alicyclic amines) is 2. The lowest BCUT2D eigenvalue weighted by Gasteiger charge is -2.44. The van der Waals surface area contributed by atoms with Crippen molar-refractivity contribution < 1.29 is 9.59 Å². The van der Waals surface area contributed by atoms with Crippen molar-refractivity contribution >= 4 is 11.8 Å². The first-order chi connectivity index (χ1) is 14.5. The lowest BCUT2D eigenvalue weighted by Crippen LogP contribution is -2.56. The average molecular weight is 437 g/mol. The molecule has 6 nitrogen and oxygen atoms in total. The molecule has 2 heterocycles. The number of amides is 2. The molecule has 31 heavy (non-hydrogen) atoms. The van der Waals surface area contributed by atoms with E-state index >= 15 is 0 Å². The van der Waals surface area contributed by atoms with Gasteiger partial charge in [0.25, 0.3) is 0 Å². The maximum atomic E-state index is 12.3. The van der Waals surface area contributed by atoms with E-state index in [-0.39, 0.29) is 35.5 Å². The highest BCUT2D eigenvalue weighted by Gasteiger charge is 2.38. The van der Waals surface area contributed by atoms with Gasteiger partial charge in [-0.3, -0.25) is 19.4 Å². The van der Waals surface area contributed by atoms with Gasteiger partial charge in [0.05, 0.1) is 12.1 Å². The second-order valence-electron chi connectivity index (χ2n) is 11.4. The normalized spacial score (nSPS) is 30.1. The summed E-state index contributed by atoms with van der Waals surface area (Å²) in [5, 5.41) is 6.10. The van der Waals surface area contributed by atoms with E-state index in [1.54, 1.807) is 0 Å². The van der Waals surface area contributed by atoms with Crippen molar-refractivity contribution in [2.24, 2.45) is 11.8 Å². The summed E-state index contributed by atoms with van der Waals surface area (Å²) in [7, 11) is 4.14. The maximum Gasteiger partial charge on any atom is 0.237 e. The van der Waals surface area contributed by atoms with E-state index < -0.39 is 0 Å². The zero-order valence-electron chi connectivity index (χ0n) is 21.2. The molecule has 2 aliphatic heterocycles. The van der Waals surface area contributed by atoms with Gasteiger partial charge in [-0.15, -0.1) is 0 Å². The molecule has 2 amide bonds. The van der Waals surface area contributed by atoms with Crippen LogP contribution in [0, 0.1) is 11.8 Å². The van der Waals surface area contributed by atoms with Crippen LogP contribution in [-0.2, 0) is 9.59 Å². The van der Waals surface area contributed by atoms with E-state index in [4.69, 9.17) is 0 Å². The minimum absolute atomic E-state index is 0.0866. The van der Waals surface area contributed by atoms with Gasteiger partial charge >= 0.3 is 0 Å². The largest absolute Gasteiger partial charge is 0.353 e. The average Bonchev–Trinajstić information content (AvgIpc) is 2.66. The minimum Gasteiger partial charge on any atom is -0.353 e. The molecule has 1 saturated carbocycles. The van der Waals surface area contributed by atoms with Gasteiger partial charge in [-0.1, -0.05) is 25.7 Å². The molecule has 6 heteroatoms. The molecule has 3 aliphatic rings. The number of nitrogens with zero attached hydrogens (tertiary/aromatic N) is 2. The Morgan fingerprint density at radius 1 is 0.839 bits per heavy atom. The molecule has 0 radical (unpaired) electrons. The van der Waals surface area contributed by atoms with Gasteiger partial charge in [0, 0.05) is 18.1 Å². The van der Waals surface area contributed by atoms with E-state index in [1.807, 2.05) is 20.9 Å². The zero-order valence-corrected chi connectivity index (χ0v) is 21.2. The molecule has 0 bridgehead atoms. The number of piperidine rings is 2. The summed E-state index contributed by atoms with van der Waals surface area (Å²) in [4.78, 5) is 28.4. The zero-order chi connectivity index (χ0) is 23.2. The highest BCUT2D eigenvalue weighted by Crippen LogP contribution is 2.38. The van der Waals surface area contributed by atoms with Crippen LogP contribution >= 0.6 is 0 Å². The van der Waals surface area contributed by atoms with Gasteiger partial charge in [-0.25, -0.2) is 0 Å². The first-order valence-corrected chi connectivity index (χ1v) is 12.5. The lowest BCUT2D eigenvalue weighted by molar-refractivity contribution is -0.130. The van der Waals surface area contributed by atoms with Crippen LogP contribution in [0.15, 0.2) is 0 Å². The number of nitrogens with one attached hydrogen (secondary N) is 2. The Morgan fingerprint density at radius 2 is 1.45 bits per heavy atom. The molecular formula is C25H48N4O2. The molecular weight excluding hydrogens is 388 g/mol. The van der Waals surface area contributed by atoms with Crippen LogP contribution in [0.5, 0.6) is 0 Å². The SMILES string of the molecule is CC(C)NC(=O)[C@@H]1CCCCN1C.CN1C[C@H]2CCCC[C@H]2C[C@H]1C(=O)NC(C)(C)C. The van der Waals surface area contributed by atoms with Crippen LogP contribution in [-0.4, -0.2) is 72.5 Å². The van der Waals surface area contributed by atoms with Crippen LogP contribution in [0.3, 0.4) is 0 Å². The Labute approximate surface area is 190 Å². The monoisotopic (exact) mass is 436 g/mol. The topological polar surface area (TPSA) is 64.7 Å². The van der Waals surface area contributed by atoms with Crippen LogP contribution in [0.25, 0.3) is 0 Å². The summed E-state index contributed by atoms with van der Waals surface area (Å²) in [5.74, 6) is 2.03. The van der Waals surface area contributed by atoms with Gasteiger partial charge in [0.2, 0.25) is 11.8 Å². The number of fused-ring (bicyclic) bond motifs is 1. The first-order valence-electron chi connectivity index (χ1n) is 12.5. The van der Waals surface area contributed by atoms with E-state index in [1.165, 1.54) is 38.5 Å². The number of likely N-dealkylation sites (N-methyl/N-ethyl adjacent to an activating group) is 2. The molecule has 0 spiro atoms. The van der Waals surface area contributed by atoms with Crippen LogP contribution in [0.2, 0.25) is 0 Å². The summed E-state index contributed by atoms with van der Waals surface area (Å²) >= 11 is 0. The van der Waals surface area contributed by atoms with Crippen molar-refractivity contribution in [3.63, 3.8) is 0 Å². The highest BCUT2D eigenvalue weighted by atomic mass is 16.2. The molecule has 0 aromatic carbocycles. The molecule has 180 valence electrons. The Kier molecular flexibility index (Phi) is 9.81. The Hall–Kier alpha value is -1.14. The molecule has 2 N–H and O–H groups in total. The predicted molar refractivity (Wildman–Crippen MR) is 128 cm³/mol. The molecule has 1 aliphatic carbocycles. The second kappa shape index (κ2) is 11.6. The van der Waals surface area contributed by atoms with Gasteiger partial charge in [0.15, 0.2) is 0 Å². The van der Waals surface area contributed by atoms with Gasteiger partial charge < -0.3 is 10.6 Å². The molecule has 3 rings (SSSR count). The standard InChI is InChI=1S/C15H28N2O.C10H20N2O/c1-15(2,3)16-14(18)13-9-11-7-5-6-8-12(11)10-17(13)4;1-8(2)11-10(13)9-6-4-5-7-12(9)3/h11-13H,5-10H2,1-4H3,(H,16,18);8-9H,4-7H2,1-3H3,(H,11,13)/t11-,12+,13-;9-/m00/s1. The smallest absolute Gasteiger partial charge is 0.237 e. The highest BCUT2D eigenvalue weighted by molar-refractivity contribution is 5.82. The third-order valence-electron chi connectivity index (χ3n) is 6.95. The Balaban J connectivity index is 0.000000233. The third-order valence-corrected chi connectivity index (χ3v) is 6.95. The number of hydrogen-bond acceptors (Lipinski definition) is 4. The quantitative estimate of drug-likeness (QED) is 0.712. The fourth-order valence-corrected chi connectivity index (χ4v) is 5.35. The molecule has 2 saturated heterocycles. The molecule has 0 aromatic heterocycles. The van der Waals surface area contributed by atoms with Crippen LogP contribution in [0.4, 0.5) is 0 Å². The summed E-state index contributed by atoms with van der Waals surface area (Å²) in [6, 6.07) is 0.447. The number of hydrogen-bond donors (Lipinski definition) is 2. The van der Waals surface area contributed by atoms with Gasteiger partial charge in [0.1, 0.15) is 0 Å². The predicted octanol–water partition coefficient (Wildman–Crippen LogP) is 3.41. The van der Waals surface area contributed by atoms with E-state index in [9.17, 15) is 9.59 Å². The van der Waals surface area contributed by atoms with Crippen molar-refractivity contribution in [2.75, 3.05) is 27.2 Å². The van der Waals surface area contributed by atoms with Gasteiger partial charge in [-0.05, 0) is 92.8 Å². The maximum absolute atomic E-state index is 12.3. The van der Waals surface area contributed by atoms with E-state index in [0.717, 1.165) is 37.8 Å². The molecule has 0 aromatic rings. The summed E-state index contributed by atoms with van der Waals surface area (Å²) in [5.41, 5.74) is -0.124. The summed E-state index contributed by atoms with van der Waals surface area (Å²) in [6.07, 6.45) is 9.91. The fourth-order valence-electron chi connectivity index (χ4n) is 5.35. The number of carbonyl (C=O) groups excluding carboxylic acids is 2. The molecule has 3 fully saturated rings. The number of rotatable bonds is 3. The molecule has 0 unspecified atom stereocenters. The van der Waals surface area contributed by atoms with Crippen molar-refractivity contribution in [1.29, 1.82) is 0 Å².